The van der Waals surface area contributed by atoms with Crippen LogP contribution in [0.15, 0.2) is 0 Å². The molecule has 5 heteroatoms. The number of nitrogens with one attached hydrogen (secondary N) is 1. The van der Waals surface area contributed by atoms with Gasteiger partial charge in [-0.05, 0) is 13.5 Å². The van der Waals surface area contributed by atoms with E-state index in [1.807, 2.05) is 0 Å². The molecule has 0 rings (SSSR count). The van der Waals surface area contributed by atoms with Crippen LogP contribution in [0.5, 0.6) is 0 Å². The maximum Gasteiger partial charge on any atom is 0.321 e. The van der Waals surface area contributed by atoms with Gasteiger partial charge in [0.15, 0.2) is 0 Å². The molecule has 0 aromatic heterocycles. The largest absolute Gasteiger partial charge is 0.481 e. The molecule has 70 valence electrons. The first-order valence-electron chi connectivity index (χ1n) is 3.69. The Morgan fingerprint density at radius 2 is 1.83 bits per heavy atom. The van der Waals surface area contributed by atoms with E-state index < -0.39 is 23.9 Å². The van der Waals surface area contributed by atoms with Gasteiger partial charge in [0.1, 0.15) is 6.04 Å². The number of hydrogen-bond donors (Lipinski definition) is 3. The quantitative estimate of drug-likeness (QED) is 0.537. The van der Waals surface area contributed by atoms with Crippen molar-refractivity contribution in [1.29, 1.82) is 0 Å². The average Bonchev–Trinajstić information content (AvgIpc) is 1.98. The van der Waals surface area contributed by atoms with Gasteiger partial charge in [-0.15, -0.1) is 0 Å². The molecule has 0 amide bonds. The lowest BCUT2D eigenvalue weighted by Gasteiger charge is -2.16. The molecule has 3 N–H and O–H groups in total. The van der Waals surface area contributed by atoms with Crippen LogP contribution in [0.2, 0.25) is 0 Å². The standard InChI is InChI=1S/C7H13NO4/c1-3-8-5(7(11)12)4(2)6(9)10/h4-5,8H,3H2,1-2H3,(H,9,10)(H,11,12). The lowest BCUT2D eigenvalue weighted by atomic mass is 10.0. The predicted molar refractivity (Wildman–Crippen MR) is 41.9 cm³/mol. The third-order valence-electron chi connectivity index (χ3n) is 1.58. The summed E-state index contributed by atoms with van der Waals surface area (Å²) >= 11 is 0. The van der Waals surface area contributed by atoms with E-state index in [1.165, 1.54) is 6.92 Å². The van der Waals surface area contributed by atoms with Gasteiger partial charge in [-0.25, -0.2) is 0 Å². The molecule has 5 nitrogen and oxygen atoms in total. The summed E-state index contributed by atoms with van der Waals surface area (Å²) in [6.07, 6.45) is 0. The van der Waals surface area contributed by atoms with E-state index in [2.05, 4.69) is 5.32 Å². The van der Waals surface area contributed by atoms with Crippen LogP contribution in [-0.2, 0) is 9.59 Å². The molecule has 0 spiro atoms. The summed E-state index contributed by atoms with van der Waals surface area (Å²) in [6.45, 7) is 3.53. The van der Waals surface area contributed by atoms with Crippen molar-refractivity contribution in [1.82, 2.24) is 5.32 Å². The van der Waals surface area contributed by atoms with E-state index in [9.17, 15) is 9.59 Å². The molecule has 0 aliphatic carbocycles. The van der Waals surface area contributed by atoms with Gasteiger partial charge >= 0.3 is 11.9 Å². The summed E-state index contributed by atoms with van der Waals surface area (Å²) in [6, 6.07) is -1.01. The molecular weight excluding hydrogens is 162 g/mol. The molecule has 0 fully saturated rings. The molecule has 0 saturated heterocycles. The van der Waals surface area contributed by atoms with Crippen molar-refractivity contribution in [2.45, 2.75) is 19.9 Å². The number of carboxylic acid groups (broad SMARTS) is 2. The van der Waals surface area contributed by atoms with Crippen molar-refractivity contribution >= 4 is 11.9 Å². The van der Waals surface area contributed by atoms with E-state index in [0.29, 0.717) is 6.54 Å². The monoisotopic (exact) mass is 175 g/mol. The van der Waals surface area contributed by atoms with Crippen LogP contribution >= 0.6 is 0 Å². The van der Waals surface area contributed by atoms with Crippen molar-refractivity contribution in [2.24, 2.45) is 5.92 Å². The summed E-state index contributed by atoms with van der Waals surface area (Å²) in [5, 5.41) is 19.7. The highest BCUT2D eigenvalue weighted by Gasteiger charge is 2.28. The summed E-state index contributed by atoms with van der Waals surface area (Å²) in [4.78, 5) is 20.9. The Morgan fingerprint density at radius 3 is 2.08 bits per heavy atom. The minimum atomic E-state index is -1.13. The SMILES string of the molecule is CCNC(C(=O)O)C(C)C(=O)O. The van der Waals surface area contributed by atoms with Crippen LogP contribution in [0, 0.1) is 5.92 Å². The number of aliphatic carboxylic acids is 2. The Morgan fingerprint density at radius 1 is 1.33 bits per heavy atom. The molecule has 0 aliphatic rings. The molecule has 0 aliphatic heterocycles. The van der Waals surface area contributed by atoms with E-state index in [0.717, 1.165) is 0 Å². The van der Waals surface area contributed by atoms with Crippen molar-refractivity contribution in [3.63, 3.8) is 0 Å². The lowest BCUT2D eigenvalue weighted by Crippen LogP contribution is -2.44. The van der Waals surface area contributed by atoms with Crippen LogP contribution in [-0.4, -0.2) is 34.7 Å². The second-order valence-corrected chi connectivity index (χ2v) is 2.50. The van der Waals surface area contributed by atoms with Gasteiger partial charge in [-0.1, -0.05) is 6.92 Å². The average molecular weight is 175 g/mol. The highest BCUT2D eigenvalue weighted by atomic mass is 16.4. The number of carboxylic acids is 2. The van der Waals surface area contributed by atoms with Gasteiger partial charge in [0.2, 0.25) is 0 Å². The molecule has 2 atom stereocenters. The summed E-state index contributed by atoms with van der Waals surface area (Å²) < 4.78 is 0. The van der Waals surface area contributed by atoms with Gasteiger partial charge in [0, 0.05) is 0 Å². The third kappa shape index (κ3) is 2.87. The summed E-state index contributed by atoms with van der Waals surface area (Å²) in [5.41, 5.74) is 0. The van der Waals surface area contributed by atoms with Crippen molar-refractivity contribution < 1.29 is 19.8 Å². The topological polar surface area (TPSA) is 86.6 Å². The van der Waals surface area contributed by atoms with Gasteiger partial charge in [0.25, 0.3) is 0 Å². The summed E-state index contributed by atoms with van der Waals surface area (Å²) in [5.74, 6) is -3.16. The fraction of sp³-hybridized carbons (Fsp3) is 0.714. The maximum absolute atomic E-state index is 10.5. The number of carbonyl (C=O) groups is 2. The molecule has 0 radical (unpaired) electrons. The van der Waals surface area contributed by atoms with Crippen molar-refractivity contribution in [3.05, 3.63) is 0 Å². The first kappa shape index (κ1) is 10.9. The Balaban J connectivity index is 4.28. The molecule has 2 unspecified atom stereocenters. The van der Waals surface area contributed by atoms with Gasteiger partial charge < -0.3 is 15.5 Å². The van der Waals surface area contributed by atoms with Gasteiger partial charge in [-0.3, -0.25) is 9.59 Å². The second kappa shape index (κ2) is 4.71. The number of likely N-dealkylation sites (N-methyl/N-ethyl adjacent to an activating group) is 1. The minimum Gasteiger partial charge on any atom is -0.481 e. The first-order valence-corrected chi connectivity index (χ1v) is 3.69. The van der Waals surface area contributed by atoms with E-state index in [1.54, 1.807) is 6.92 Å². The van der Waals surface area contributed by atoms with Crippen molar-refractivity contribution in [3.8, 4) is 0 Å². The fourth-order valence-electron chi connectivity index (χ4n) is 0.840. The zero-order valence-corrected chi connectivity index (χ0v) is 7.07. The van der Waals surface area contributed by atoms with Crippen molar-refractivity contribution in [2.75, 3.05) is 6.54 Å². The number of rotatable bonds is 5. The zero-order valence-electron chi connectivity index (χ0n) is 7.07. The van der Waals surface area contributed by atoms with Crippen LogP contribution in [0.1, 0.15) is 13.8 Å². The Bertz CT molecular complexity index is 180. The van der Waals surface area contributed by atoms with Crippen LogP contribution in [0.4, 0.5) is 0 Å². The maximum atomic E-state index is 10.5. The minimum absolute atomic E-state index is 0.439. The lowest BCUT2D eigenvalue weighted by molar-refractivity contribution is -0.150. The van der Waals surface area contributed by atoms with Crippen LogP contribution in [0.3, 0.4) is 0 Å². The van der Waals surface area contributed by atoms with Crippen LogP contribution in [0.25, 0.3) is 0 Å². The molecule has 0 saturated carbocycles. The highest BCUT2D eigenvalue weighted by Crippen LogP contribution is 2.02. The first-order chi connectivity index (χ1) is 5.50. The third-order valence-corrected chi connectivity index (χ3v) is 1.58. The molecule has 12 heavy (non-hydrogen) atoms. The van der Waals surface area contributed by atoms with E-state index in [-0.39, 0.29) is 0 Å². The van der Waals surface area contributed by atoms with Gasteiger partial charge in [0.05, 0.1) is 5.92 Å². The molecule has 0 bridgehead atoms. The van der Waals surface area contributed by atoms with Gasteiger partial charge in [-0.2, -0.15) is 0 Å². The molecule has 0 aromatic rings. The Labute approximate surface area is 70.4 Å². The van der Waals surface area contributed by atoms with E-state index in [4.69, 9.17) is 10.2 Å². The fourth-order valence-corrected chi connectivity index (χ4v) is 0.840. The number of hydrogen-bond acceptors (Lipinski definition) is 3. The second-order valence-electron chi connectivity index (χ2n) is 2.50. The molecule has 0 aromatic carbocycles. The highest BCUT2D eigenvalue weighted by molar-refractivity contribution is 5.82. The zero-order chi connectivity index (χ0) is 9.72. The smallest absolute Gasteiger partial charge is 0.321 e. The van der Waals surface area contributed by atoms with Crippen LogP contribution < -0.4 is 5.32 Å². The molecular formula is C7H13NO4. The Hall–Kier alpha value is -1.10. The Kier molecular flexibility index (Phi) is 4.28. The molecule has 0 heterocycles. The predicted octanol–water partition coefficient (Wildman–Crippen LogP) is -0.230. The normalized spacial score (nSPS) is 15.2. The summed E-state index contributed by atoms with van der Waals surface area (Å²) in [7, 11) is 0. The van der Waals surface area contributed by atoms with E-state index >= 15 is 0 Å².